The molecule has 2 heteroatoms. The van der Waals surface area contributed by atoms with E-state index in [0.29, 0.717) is 12.0 Å². The Morgan fingerprint density at radius 2 is 1.03 bits per heavy atom. The molecule has 2 unspecified atom stereocenters. The van der Waals surface area contributed by atoms with Crippen molar-refractivity contribution in [3.63, 3.8) is 0 Å². The van der Waals surface area contributed by atoms with Crippen LogP contribution in [0.3, 0.4) is 0 Å². The Balaban J connectivity index is 1.76. The predicted molar refractivity (Wildman–Crippen MR) is 171 cm³/mol. The number of H-pyrrole nitrogens is 1. The fourth-order valence-electron chi connectivity index (χ4n) is 6.39. The minimum atomic E-state index is 0.605. The third kappa shape index (κ3) is 17.0. The molecule has 0 spiro atoms. The SMILES string of the molecule is CCCCCCCCCCCCCC(Cc1ccccc1)C(CCCCCCCCCCCC)[n+]1cc[nH]c1. The number of nitrogens with one attached hydrogen (secondary N) is 1. The van der Waals surface area contributed by atoms with Gasteiger partial charge in [0.25, 0.3) is 0 Å². The normalized spacial score (nSPS) is 13.1. The van der Waals surface area contributed by atoms with Crippen LogP contribution in [0.2, 0.25) is 0 Å². The average molecular weight is 538 g/mol. The van der Waals surface area contributed by atoms with Crippen molar-refractivity contribution in [2.75, 3.05) is 0 Å². The molecule has 0 saturated carbocycles. The van der Waals surface area contributed by atoms with Gasteiger partial charge in [0.05, 0.1) is 0 Å². The molecular weight excluding hydrogens is 472 g/mol. The zero-order chi connectivity index (χ0) is 27.6. The number of aromatic nitrogens is 2. The van der Waals surface area contributed by atoms with Crippen LogP contribution >= 0.6 is 0 Å². The van der Waals surface area contributed by atoms with E-state index in [9.17, 15) is 0 Å². The van der Waals surface area contributed by atoms with Crippen molar-refractivity contribution in [3.05, 3.63) is 54.6 Å². The monoisotopic (exact) mass is 538 g/mol. The number of unbranched alkanes of at least 4 members (excludes halogenated alkanes) is 19. The molecule has 39 heavy (non-hydrogen) atoms. The van der Waals surface area contributed by atoms with Crippen LogP contribution in [0.25, 0.3) is 0 Å². The summed E-state index contributed by atoms with van der Waals surface area (Å²) in [5, 5.41) is 0. The van der Waals surface area contributed by atoms with Crippen molar-refractivity contribution in [1.29, 1.82) is 0 Å². The highest BCUT2D eigenvalue weighted by molar-refractivity contribution is 5.15. The molecule has 2 atom stereocenters. The largest absolute Gasteiger partial charge is 0.250 e. The Morgan fingerprint density at radius 3 is 1.49 bits per heavy atom. The number of hydrogen-bond donors (Lipinski definition) is 1. The van der Waals surface area contributed by atoms with E-state index in [1.807, 2.05) is 0 Å². The first-order chi connectivity index (χ1) is 19.3. The van der Waals surface area contributed by atoms with Gasteiger partial charge in [0, 0.05) is 5.92 Å². The molecule has 0 amide bonds. The number of hydrogen-bond acceptors (Lipinski definition) is 0. The maximum absolute atomic E-state index is 3.34. The van der Waals surface area contributed by atoms with Gasteiger partial charge in [0.1, 0.15) is 18.4 Å². The zero-order valence-corrected chi connectivity index (χ0v) is 26.2. The molecule has 2 rings (SSSR count). The molecule has 0 bridgehead atoms. The van der Waals surface area contributed by atoms with Gasteiger partial charge in [-0.25, -0.2) is 4.57 Å². The van der Waals surface area contributed by atoms with Gasteiger partial charge >= 0.3 is 0 Å². The first-order valence-electron chi connectivity index (χ1n) is 17.4. The fraction of sp³-hybridized carbons (Fsp3) is 0.757. The summed E-state index contributed by atoms with van der Waals surface area (Å²) in [7, 11) is 0. The van der Waals surface area contributed by atoms with Gasteiger partial charge in [-0.2, -0.15) is 0 Å². The molecule has 1 aromatic carbocycles. The van der Waals surface area contributed by atoms with E-state index < -0.39 is 0 Å². The lowest BCUT2D eigenvalue weighted by Gasteiger charge is -2.25. The van der Waals surface area contributed by atoms with Crippen LogP contribution in [-0.4, -0.2) is 4.98 Å². The molecule has 0 saturated heterocycles. The van der Waals surface area contributed by atoms with Crippen LogP contribution in [0.4, 0.5) is 0 Å². The van der Waals surface area contributed by atoms with Gasteiger partial charge in [-0.05, 0) is 31.2 Å². The van der Waals surface area contributed by atoms with Gasteiger partial charge in [0.2, 0.25) is 6.33 Å². The van der Waals surface area contributed by atoms with Crippen molar-refractivity contribution < 1.29 is 4.57 Å². The van der Waals surface area contributed by atoms with Crippen molar-refractivity contribution in [2.45, 2.75) is 174 Å². The molecule has 0 radical (unpaired) electrons. The first-order valence-corrected chi connectivity index (χ1v) is 17.4. The van der Waals surface area contributed by atoms with Gasteiger partial charge in [-0.3, -0.25) is 4.98 Å². The second-order valence-electron chi connectivity index (χ2n) is 12.4. The number of imidazole rings is 1. The summed E-state index contributed by atoms with van der Waals surface area (Å²) in [5.74, 6) is 0.713. The van der Waals surface area contributed by atoms with E-state index >= 15 is 0 Å². The highest BCUT2D eigenvalue weighted by Crippen LogP contribution is 2.29. The lowest BCUT2D eigenvalue weighted by molar-refractivity contribution is -0.730. The van der Waals surface area contributed by atoms with Gasteiger partial charge in [-0.1, -0.05) is 173 Å². The fourth-order valence-corrected chi connectivity index (χ4v) is 6.39. The highest BCUT2D eigenvalue weighted by Gasteiger charge is 2.26. The summed E-state index contributed by atoms with van der Waals surface area (Å²) in [6, 6.07) is 11.9. The Morgan fingerprint density at radius 1 is 0.564 bits per heavy atom. The summed E-state index contributed by atoms with van der Waals surface area (Å²) < 4.78 is 2.50. The van der Waals surface area contributed by atoms with Crippen molar-refractivity contribution in [3.8, 4) is 0 Å². The highest BCUT2D eigenvalue weighted by atomic mass is 15.1. The Kier molecular flexibility index (Phi) is 20.9. The lowest BCUT2D eigenvalue weighted by Crippen LogP contribution is -2.42. The third-order valence-electron chi connectivity index (χ3n) is 8.87. The van der Waals surface area contributed by atoms with Crippen LogP contribution < -0.4 is 4.57 Å². The van der Waals surface area contributed by atoms with E-state index in [1.54, 1.807) is 0 Å². The first kappa shape index (κ1) is 33.6. The van der Waals surface area contributed by atoms with Gasteiger partial charge in [-0.15, -0.1) is 0 Å². The van der Waals surface area contributed by atoms with Crippen LogP contribution in [-0.2, 0) is 6.42 Å². The van der Waals surface area contributed by atoms with Crippen LogP contribution in [0.15, 0.2) is 49.1 Å². The summed E-state index contributed by atoms with van der Waals surface area (Å²) in [5.41, 5.74) is 1.51. The molecule has 0 fully saturated rings. The molecule has 0 aliphatic carbocycles. The van der Waals surface area contributed by atoms with Crippen LogP contribution in [0.1, 0.15) is 173 Å². The zero-order valence-electron chi connectivity index (χ0n) is 26.2. The number of rotatable bonds is 27. The van der Waals surface area contributed by atoms with E-state index in [1.165, 1.54) is 160 Å². The Bertz CT molecular complexity index is 738. The van der Waals surface area contributed by atoms with E-state index in [0.717, 1.165) is 0 Å². The standard InChI is InChI=1S/C37H64N2/c1-3-5-7-9-11-13-15-16-18-20-25-29-36(33-35-27-23-22-24-28-35)37(39-32-31-38-34-39)30-26-21-19-17-14-12-10-8-6-4-2/h22-24,27-28,31-32,34,36-37H,3-21,25-26,29-30,33H2,1-2H3/p+1. The smallest absolute Gasteiger partial charge is 0.241 e. The quantitative estimate of drug-likeness (QED) is 0.0863. The predicted octanol–water partition coefficient (Wildman–Crippen LogP) is 11.7. The topological polar surface area (TPSA) is 19.7 Å². The molecule has 1 aromatic heterocycles. The molecule has 1 heterocycles. The average Bonchev–Trinajstić information content (AvgIpc) is 3.49. The molecule has 222 valence electrons. The van der Waals surface area contributed by atoms with Crippen molar-refractivity contribution in [2.24, 2.45) is 5.92 Å². The van der Waals surface area contributed by atoms with E-state index in [4.69, 9.17) is 0 Å². The van der Waals surface area contributed by atoms with Crippen molar-refractivity contribution >= 4 is 0 Å². The maximum Gasteiger partial charge on any atom is 0.241 e. The van der Waals surface area contributed by atoms with Crippen LogP contribution in [0, 0.1) is 5.92 Å². The maximum atomic E-state index is 3.34. The van der Waals surface area contributed by atoms with E-state index in [-0.39, 0.29) is 0 Å². The second kappa shape index (κ2) is 24.2. The van der Waals surface area contributed by atoms with Crippen molar-refractivity contribution in [1.82, 2.24) is 4.98 Å². The summed E-state index contributed by atoms with van der Waals surface area (Å²) in [4.78, 5) is 3.34. The molecule has 0 aliphatic rings. The Labute approximate surface area is 243 Å². The third-order valence-corrected chi connectivity index (χ3v) is 8.87. The number of aromatic amines is 1. The molecule has 1 N–H and O–H groups in total. The summed E-state index contributed by atoms with van der Waals surface area (Å²) in [6.07, 6.45) is 40.3. The second-order valence-corrected chi connectivity index (χ2v) is 12.4. The van der Waals surface area contributed by atoms with Gasteiger partial charge < -0.3 is 0 Å². The molecule has 2 nitrogen and oxygen atoms in total. The number of benzene rings is 1. The molecule has 0 aliphatic heterocycles. The molecular formula is C37H65N2+. The summed E-state index contributed by atoms with van der Waals surface area (Å²) >= 11 is 0. The summed E-state index contributed by atoms with van der Waals surface area (Å²) in [6.45, 7) is 4.61. The van der Waals surface area contributed by atoms with Crippen LogP contribution in [0.5, 0.6) is 0 Å². The van der Waals surface area contributed by atoms with Gasteiger partial charge in [0.15, 0.2) is 0 Å². The molecule has 2 aromatic rings. The lowest BCUT2D eigenvalue weighted by atomic mass is 9.84. The minimum absolute atomic E-state index is 0.605. The minimum Gasteiger partial charge on any atom is -0.250 e. The number of nitrogens with zero attached hydrogens (tertiary/aromatic N) is 1. The van der Waals surface area contributed by atoms with E-state index in [2.05, 4.69) is 72.5 Å². The Hall–Kier alpha value is -1.57.